The van der Waals surface area contributed by atoms with Crippen molar-refractivity contribution in [2.75, 3.05) is 0 Å². The van der Waals surface area contributed by atoms with E-state index in [4.69, 9.17) is 4.42 Å². The van der Waals surface area contributed by atoms with Crippen LogP contribution in [0.2, 0.25) is 0 Å². The predicted octanol–water partition coefficient (Wildman–Crippen LogP) is 16.1. The van der Waals surface area contributed by atoms with Crippen LogP contribution in [0.4, 0.5) is 0 Å². The van der Waals surface area contributed by atoms with Crippen LogP contribution in [-0.4, -0.2) is 0 Å². The summed E-state index contributed by atoms with van der Waals surface area (Å²) in [6, 6.07) is 67.6. The molecule has 1 aliphatic carbocycles. The fourth-order valence-electron chi connectivity index (χ4n) is 10.8. The first-order chi connectivity index (χ1) is 28.5. The predicted molar refractivity (Wildman–Crippen MR) is 247 cm³/mol. The topological polar surface area (TPSA) is 13.1 Å². The van der Waals surface area contributed by atoms with Gasteiger partial charge in [-0.2, -0.15) is 0 Å². The molecule has 1 heterocycles. The molecular formula is C57H36O. The van der Waals surface area contributed by atoms with Crippen molar-refractivity contribution in [3.63, 3.8) is 0 Å². The Bertz CT molecular complexity index is 3710. The fraction of sp³-hybridized carbons (Fsp3) is 0.0526. The van der Waals surface area contributed by atoms with E-state index in [1.165, 1.54) is 115 Å². The minimum absolute atomic E-state index is 0.159. The first-order valence-electron chi connectivity index (χ1n) is 20.3. The molecule has 0 bridgehead atoms. The molecule has 0 unspecified atom stereocenters. The van der Waals surface area contributed by atoms with Gasteiger partial charge in [0.1, 0.15) is 11.2 Å². The maximum Gasteiger partial charge on any atom is 0.136 e. The van der Waals surface area contributed by atoms with Gasteiger partial charge in [0.2, 0.25) is 0 Å². The smallest absolute Gasteiger partial charge is 0.136 e. The maximum absolute atomic E-state index is 6.44. The van der Waals surface area contributed by atoms with Gasteiger partial charge in [-0.25, -0.2) is 0 Å². The average Bonchev–Trinajstić information content (AvgIpc) is 3.76. The molecule has 0 spiro atoms. The van der Waals surface area contributed by atoms with Gasteiger partial charge >= 0.3 is 0 Å². The van der Waals surface area contributed by atoms with E-state index in [-0.39, 0.29) is 5.41 Å². The SMILES string of the molecule is CC1(C)c2cc3cc(-c4c5ccccc5c(-c5ccc6oc7ccc8ccccc8c7c6c5)c5ccccc45)ccc3cc2-c2c1c1ccccc1c1ccccc21. The van der Waals surface area contributed by atoms with Crippen LogP contribution in [0.3, 0.4) is 0 Å². The van der Waals surface area contributed by atoms with Crippen molar-refractivity contribution in [1.29, 1.82) is 0 Å². The number of hydrogen-bond donors (Lipinski definition) is 0. The lowest BCUT2D eigenvalue weighted by atomic mass is 9.79. The van der Waals surface area contributed by atoms with Crippen molar-refractivity contribution in [2.45, 2.75) is 19.3 Å². The Balaban J connectivity index is 1.04. The van der Waals surface area contributed by atoms with Crippen LogP contribution in [0.15, 0.2) is 186 Å². The van der Waals surface area contributed by atoms with Crippen LogP contribution in [-0.2, 0) is 5.41 Å². The Morgan fingerprint density at radius 1 is 0.345 bits per heavy atom. The molecule has 1 aromatic heterocycles. The quantitative estimate of drug-likeness (QED) is 0.127. The second kappa shape index (κ2) is 11.4. The second-order valence-corrected chi connectivity index (χ2v) is 16.7. The van der Waals surface area contributed by atoms with Gasteiger partial charge in [-0.3, -0.25) is 0 Å². The lowest BCUT2D eigenvalue weighted by Gasteiger charge is -2.24. The van der Waals surface area contributed by atoms with Gasteiger partial charge < -0.3 is 4.42 Å². The van der Waals surface area contributed by atoms with Crippen molar-refractivity contribution >= 4 is 86.6 Å². The highest BCUT2D eigenvalue weighted by Crippen LogP contribution is 2.56. The number of fused-ring (bicyclic) bond motifs is 16. The van der Waals surface area contributed by atoms with Gasteiger partial charge in [0.05, 0.1) is 0 Å². The van der Waals surface area contributed by atoms with Gasteiger partial charge in [-0.05, 0) is 146 Å². The van der Waals surface area contributed by atoms with Crippen LogP contribution in [0.1, 0.15) is 25.0 Å². The Kier molecular flexibility index (Phi) is 6.29. The third kappa shape index (κ3) is 4.20. The average molecular weight is 737 g/mol. The van der Waals surface area contributed by atoms with E-state index in [2.05, 4.69) is 196 Å². The zero-order valence-corrected chi connectivity index (χ0v) is 32.2. The number of benzene rings is 11. The van der Waals surface area contributed by atoms with E-state index in [0.29, 0.717) is 0 Å². The third-order valence-corrected chi connectivity index (χ3v) is 13.3. The zero-order chi connectivity index (χ0) is 38.3. The van der Waals surface area contributed by atoms with Crippen LogP contribution in [0, 0.1) is 0 Å². The molecule has 0 radical (unpaired) electrons. The molecule has 0 amide bonds. The molecule has 0 fully saturated rings. The van der Waals surface area contributed by atoms with E-state index in [1.54, 1.807) is 0 Å². The van der Waals surface area contributed by atoms with Crippen LogP contribution >= 0.6 is 0 Å². The van der Waals surface area contributed by atoms with Crippen LogP contribution in [0.5, 0.6) is 0 Å². The summed E-state index contributed by atoms with van der Waals surface area (Å²) in [6.07, 6.45) is 0. The molecule has 1 nitrogen and oxygen atoms in total. The Morgan fingerprint density at radius 3 is 1.52 bits per heavy atom. The Morgan fingerprint density at radius 2 is 0.845 bits per heavy atom. The molecule has 58 heavy (non-hydrogen) atoms. The number of furan rings is 1. The Labute approximate surface area is 335 Å². The first kappa shape index (κ1) is 31.9. The summed E-state index contributed by atoms with van der Waals surface area (Å²) in [5, 5.41) is 17.7. The van der Waals surface area contributed by atoms with E-state index < -0.39 is 0 Å². The lowest BCUT2D eigenvalue weighted by molar-refractivity contribution is 0.667. The summed E-state index contributed by atoms with van der Waals surface area (Å²) in [4.78, 5) is 0. The molecule has 13 rings (SSSR count). The summed E-state index contributed by atoms with van der Waals surface area (Å²) < 4.78 is 6.44. The second-order valence-electron chi connectivity index (χ2n) is 16.7. The van der Waals surface area contributed by atoms with E-state index in [1.807, 2.05) is 0 Å². The standard InChI is InChI=1S/C57H36O/c1-57(2)49-32-37-29-35(24-23-34(37)30-47(49)55-41-17-7-5-15-39(41)40-16-6-12-22-46(40)56(55)57)52-42-18-8-10-20-44(42)53(45-21-11-9-19-43(45)52)36-26-27-50-48(31-36)54-38-14-4-3-13-33(38)25-28-51(54)58-50/h3-32H,1-2H3. The third-order valence-electron chi connectivity index (χ3n) is 13.3. The molecule has 12 aromatic rings. The van der Waals surface area contributed by atoms with Crippen molar-refractivity contribution in [3.8, 4) is 33.4 Å². The van der Waals surface area contributed by atoms with Crippen molar-refractivity contribution in [1.82, 2.24) is 0 Å². The molecule has 1 aliphatic rings. The summed E-state index contributed by atoms with van der Waals surface area (Å²) >= 11 is 0. The van der Waals surface area contributed by atoms with Gasteiger partial charge in [-0.1, -0.05) is 159 Å². The molecular weight excluding hydrogens is 701 g/mol. The normalized spacial score (nSPS) is 13.5. The zero-order valence-electron chi connectivity index (χ0n) is 32.2. The molecule has 270 valence electrons. The van der Waals surface area contributed by atoms with Gasteiger partial charge in [0.25, 0.3) is 0 Å². The van der Waals surface area contributed by atoms with Crippen molar-refractivity contribution in [3.05, 3.63) is 193 Å². The number of hydrogen-bond acceptors (Lipinski definition) is 1. The van der Waals surface area contributed by atoms with Gasteiger partial charge in [0.15, 0.2) is 0 Å². The lowest BCUT2D eigenvalue weighted by Crippen LogP contribution is -2.15. The molecule has 0 aliphatic heterocycles. The van der Waals surface area contributed by atoms with E-state index in [0.717, 1.165) is 16.6 Å². The van der Waals surface area contributed by atoms with Gasteiger partial charge in [-0.15, -0.1) is 0 Å². The molecule has 0 N–H and O–H groups in total. The summed E-state index contributed by atoms with van der Waals surface area (Å²) in [7, 11) is 0. The molecule has 0 saturated carbocycles. The highest BCUT2D eigenvalue weighted by atomic mass is 16.3. The molecule has 11 aromatic carbocycles. The first-order valence-corrected chi connectivity index (χ1v) is 20.3. The highest BCUT2D eigenvalue weighted by Gasteiger charge is 2.38. The molecule has 0 saturated heterocycles. The maximum atomic E-state index is 6.44. The van der Waals surface area contributed by atoms with Crippen LogP contribution < -0.4 is 0 Å². The largest absolute Gasteiger partial charge is 0.456 e. The summed E-state index contributed by atoms with van der Waals surface area (Å²) in [5.74, 6) is 0. The molecule has 1 heteroatoms. The van der Waals surface area contributed by atoms with Crippen molar-refractivity contribution < 1.29 is 4.42 Å². The highest BCUT2D eigenvalue weighted by molar-refractivity contribution is 6.24. The Hall–Kier alpha value is -7.22. The van der Waals surface area contributed by atoms with E-state index in [9.17, 15) is 0 Å². The fourth-order valence-corrected chi connectivity index (χ4v) is 10.8. The van der Waals surface area contributed by atoms with Gasteiger partial charge in [0, 0.05) is 16.2 Å². The van der Waals surface area contributed by atoms with Crippen molar-refractivity contribution in [2.24, 2.45) is 0 Å². The monoisotopic (exact) mass is 736 g/mol. The minimum Gasteiger partial charge on any atom is -0.456 e. The van der Waals surface area contributed by atoms with E-state index >= 15 is 0 Å². The summed E-state index contributed by atoms with van der Waals surface area (Å²) in [6.45, 7) is 4.83. The molecule has 0 atom stereocenters. The van der Waals surface area contributed by atoms with Crippen LogP contribution in [0.25, 0.3) is 120 Å². The number of rotatable bonds is 2. The summed E-state index contributed by atoms with van der Waals surface area (Å²) in [5.41, 5.74) is 12.2. The minimum atomic E-state index is -0.159.